The van der Waals surface area contributed by atoms with E-state index in [1.165, 1.54) is 12.1 Å². The van der Waals surface area contributed by atoms with Gasteiger partial charge in [0.1, 0.15) is 17.3 Å². The average molecular weight is 383 g/mol. The second-order valence-electron chi connectivity index (χ2n) is 6.40. The fourth-order valence-electron chi connectivity index (χ4n) is 2.91. The van der Waals surface area contributed by atoms with Crippen molar-refractivity contribution in [2.24, 2.45) is 7.05 Å². The molecule has 0 bridgehead atoms. The van der Waals surface area contributed by atoms with Crippen LogP contribution in [0.3, 0.4) is 0 Å². The van der Waals surface area contributed by atoms with Crippen molar-refractivity contribution < 1.29 is 18.7 Å². The third kappa shape index (κ3) is 4.14. The lowest BCUT2D eigenvalue weighted by Crippen LogP contribution is -2.23. The first-order valence-electron chi connectivity index (χ1n) is 8.71. The molecule has 3 aromatic rings. The molecule has 0 spiro atoms. The first-order chi connectivity index (χ1) is 13.4. The van der Waals surface area contributed by atoms with Crippen molar-refractivity contribution in [1.29, 1.82) is 0 Å². The van der Waals surface area contributed by atoms with Crippen LogP contribution in [0.5, 0.6) is 11.5 Å². The van der Waals surface area contributed by atoms with Crippen LogP contribution in [-0.4, -0.2) is 29.9 Å². The Labute approximate surface area is 162 Å². The second kappa shape index (κ2) is 8.12. The van der Waals surface area contributed by atoms with Gasteiger partial charge in [0.25, 0.3) is 5.91 Å². The van der Waals surface area contributed by atoms with Gasteiger partial charge in [-0.1, -0.05) is 0 Å². The summed E-state index contributed by atoms with van der Waals surface area (Å²) in [6.07, 6.45) is 1.66. The van der Waals surface area contributed by atoms with Crippen LogP contribution < -0.4 is 14.8 Å². The summed E-state index contributed by atoms with van der Waals surface area (Å²) in [7, 11) is 4.94. The Balaban J connectivity index is 1.81. The van der Waals surface area contributed by atoms with Crippen LogP contribution in [0.1, 0.15) is 21.6 Å². The molecule has 0 radical (unpaired) electrons. The smallest absolute Gasteiger partial charge is 0.251 e. The van der Waals surface area contributed by atoms with Crippen LogP contribution in [0.25, 0.3) is 11.1 Å². The number of aryl methyl sites for hydroxylation is 1. The third-order valence-corrected chi connectivity index (χ3v) is 4.57. The number of hydrogen-bond donors (Lipinski definition) is 1. The zero-order valence-corrected chi connectivity index (χ0v) is 16.2. The number of benzene rings is 2. The Hall–Kier alpha value is -3.35. The van der Waals surface area contributed by atoms with Crippen LogP contribution in [0, 0.1) is 12.7 Å². The van der Waals surface area contributed by atoms with Gasteiger partial charge in [0.15, 0.2) is 0 Å². The van der Waals surface area contributed by atoms with E-state index < -0.39 is 5.82 Å². The zero-order chi connectivity index (χ0) is 20.3. The number of carbonyl (C=O) groups is 1. The van der Waals surface area contributed by atoms with Crippen molar-refractivity contribution in [3.8, 4) is 22.6 Å². The van der Waals surface area contributed by atoms with E-state index in [0.29, 0.717) is 17.1 Å². The van der Waals surface area contributed by atoms with Gasteiger partial charge in [-0.15, -0.1) is 0 Å². The summed E-state index contributed by atoms with van der Waals surface area (Å²) in [6, 6.07) is 9.64. The molecule has 28 heavy (non-hydrogen) atoms. The summed E-state index contributed by atoms with van der Waals surface area (Å²) in [5.74, 6) is 0.408. The van der Waals surface area contributed by atoms with Gasteiger partial charge in [0, 0.05) is 36.5 Å². The predicted molar refractivity (Wildman–Crippen MR) is 104 cm³/mol. The quantitative estimate of drug-likeness (QED) is 0.708. The number of nitrogens with one attached hydrogen (secondary N) is 1. The van der Waals surface area contributed by atoms with E-state index in [1.807, 2.05) is 14.0 Å². The summed E-state index contributed by atoms with van der Waals surface area (Å²) >= 11 is 0. The molecular formula is C21H22FN3O3. The van der Waals surface area contributed by atoms with Gasteiger partial charge in [-0.3, -0.25) is 9.48 Å². The number of hydrogen-bond acceptors (Lipinski definition) is 4. The molecular weight excluding hydrogens is 361 g/mol. The molecule has 1 heterocycles. The molecule has 0 atom stereocenters. The lowest BCUT2D eigenvalue weighted by atomic mass is 10.0. The SMILES string of the molecule is COc1cc(CNC(=O)c2cc(F)cc(-c3cnn(C)c3C)c2)cc(OC)c1. The second-order valence-corrected chi connectivity index (χ2v) is 6.40. The van der Waals surface area contributed by atoms with Crippen molar-refractivity contribution in [2.45, 2.75) is 13.5 Å². The number of ether oxygens (including phenoxy) is 2. The molecule has 0 saturated carbocycles. The fourth-order valence-corrected chi connectivity index (χ4v) is 2.91. The van der Waals surface area contributed by atoms with Gasteiger partial charge in [-0.05, 0) is 48.4 Å². The van der Waals surface area contributed by atoms with E-state index in [4.69, 9.17) is 9.47 Å². The van der Waals surface area contributed by atoms with Crippen LogP contribution in [0.2, 0.25) is 0 Å². The van der Waals surface area contributed by atoms with Crippen LogP contribution >= 0.6 is 0 Å². The molecule has 1 aromatic heterocycles. The molecule has 1 amide bonds. The maximum atomic E-state index is 14.1. The minimum absolute atomic E-state index is 0.244. The highest BCUT2D eigenvalue weighted by Crippen LogP contribution is 2.25. The maximum absolute atomic E-state index is 14.1. The topological polar surface area (TPSA) is 65.4 Å². The number of amides is 1. The summed E-state index contributed by atoms with van der Waals surface area (Å²) < 4.78 is 26.3. The van der Waals surface area contributed by atoms with Gasteiger partial charge in [-0.25, -0.2) is 4.39 Å². The number of aromatic nitrogens is 2. The van der Waals surface area contributed by atoms with Crippen molar-refractivity contribution >= 4 is 5.91 Å². The average Bonchev–Trinajstić information content (AvgIpc) is 3.03. The van der Waals surface area contributed by atoms with Crippen LogP contribution in [0.4, 0.5) is 4.39 Å². The van der Waals surface area contributed by atoms with Gasteiger partial charge in [0.05, 0.1) is 20.4 Å². The lowest BCUT2D eigenvalue weighted by molar-refractivity contribution is 0.0950. The van der Waals surface area contributed by atoms with E-state index in [1.54, 1.807) is 49.4 Å². The summed E-state index contributed by atoms with van der Waals surface area (Å²) in [5.41, 5.74) is 3.34. The number of nitrogens with zero attached hydrogens (tertiary/aromatic N) is 2. The van der Waals surface area contributed by atoms with E-state index in [2.05, 4.69) is 10.4 Å². The summed E-state index contributed by atoms with van der Waals surface area (Å²) in [5, 5.41) is 6.98. The fraction of sp³-hybridized carbons (Fsp3) is 0.238. The molecule has 0 unspecified atom stereocenters. The number of rotatable bonds is 6. The predicted octanol–water partition coefficient (Wildman–Crippen LogP) is 3.48. The molecule has 3 rings (SSSR count). The lowest BCUT2D eigenvalue weighted by Gasteiger charge is -2.10. The Kier molecular flexibility index (Phi) is 5.63. The molecule has 6 nitrogen and oxygen atoms in total. The molecule has 0 aliphatic carbocycles. The van der Waals surface area contributed by atoms with E-state index in [0.717, 1.165) is 16.8 Å². The third-order valence-electron chi connectivity index (χ3n) is 4.57. The molecule has 7 heteroatoms. The van der Waals surface area contributed by atoms with Gasteiger partial charge in [0.2, 0.25) is 0 Å². The molecule has 0 saturated heterocycles. The first-order valence-corrected chi connectivity index (χ1v) is 8.71. The Bertz CT molecular complexity index is 992. The molecule has 0 aliphatic rings. The molecule has 0 fully saturated rings. The maximum Gasteiger partial charge on any atom is 0.251 e. The molecule has 2 aromatic carbocycles. The first kappa shape index (κ1) is 19.4. The van der Waals surface area contributed by atoms with Gasteiger partial charge >= 0.3 is 0 Å². The molecule has 146 valence electrons. The normalized spacial score (nSPS) is 10.6. The van der Waals surface area contributed by atoms with Crippen LogP contribution in [-0.2, 0) is 13.6 Å². The summed E-state index contributed by atoms with van der Waals surface area (Å²) in [6.45, 7) is 2.15. The van der Waals surface area contributed by atoms with Gasteiger partial charge < -0.3 is 14.8 Å². The van der Waals surface area contributed by atoms with E-state index in [9.17, 15) is 9.18 Å². The van der Waals surface area contributed by atoms with Crippen LogP contribution in [0.15, 0.2) is 42.6 Å². The zero-order valence-electron chi connectivity index (χ0n) is 16.2. The number of carbonyl (C=O) groups excluding carboxylic acids is 1. The Morgan fingerprint density at radius 2 is 1.79 bits per heavy atom. The molecule has 0 aliphatic heterocycles. The van der Waals surface area contributed by atoms with Crippen molar-refractivity contribution in [3.63, 3.8) is 0 Å². The standard InChI is InChI=1S/C21H22FN3O3/c1-13-20(12-24-25(13)2)15-7-16(9-17(22)8-15)21(26)23-11-14-5-18(27-3)10-19(6-14)28-4/h5-10,12H,11H2,1-4H3,(H,23,26). The van der Waals surface area contributed by atoms with Crippen molar-refractivity contribution in [2.75, 3.05) is 14.2 Å². The highest BCUT2D eigenvalue weighted by atomic mass is 19.1. The highest BCUT2D eigenvalue weighted by Gasteiger charge is 2.13. The van der Waals surface area contributed by atoms with E-state index >= 15 is 0 Å². The van der Waals surface area contributed by atoms with Crippen molar-refractivity contribution in [1.82, 2.24) is 15.1 Å². The number of halogens is 1. The minimum Gasteiger partial charge on any atom is -0.497 e. The number of methoxy groups -OCH3 is 2. The largest absolute Gasteiger partial charge is 0.497 e. The van der Waals surface area contributed by atoms with Crippen molar-refractivity contribution in [3.05, 3.63) is 65.2 Å². The Morgan fingerprint density at radius 1 is 1.11 bits per heavy atom. The van der Waals surface area contributed by atoms with Gasteiger partial charge in [-0.2, -0.15) is 5.10 Å². The summed E-state index contributed by atoms with van der Waals surface area (Å²) in [4.78, 5) is 12.6. The minimum atomic E-state index is -0.478. The monoisotopic (exact) mass is 383 g/mol. The molecule has 1 N–H and O–H groups in total. The Morgan fingerprint density at radius 3 is 2.36 bits per heavy atom. The highest BCUT2D eigenvalue weighted by molar-refractivity contribution is 5.95. The van der Waals surface area contributed by atoms with E-state index in [-0.39, 0.29) is 18.0 Å².